The SMILES string of the molecule is Cc1cccc(OCC(=O)N2CCC(NC(=O)c3ccccn3)CC2)c1C. The largest absolute Gasteiger partial charge is 0.483 e. The van der Waals surface area contributed by atoms with Crippen LogP contribution < -0.4 is 10.1 Å². The molecule has 0 saturated carbocycles. The second-order valence-corrected chi connectivity index (χ2v) is 6.83. The van der Waals surface area contributed by atoms with Crippen molar-refractivity contribution in [2.45, 2.75) is 32.7 Å². The van der Waals surface area contributed by atoms with Gasteiger partial charge in [0.15, 0.2) is 6.61 Å². The van der Waals surface area contributed by atoms with Crippen molar-refractivity contribution in [1.29, 1.82) is 0 Å². The van der Waals surface area contributed by atoms with E-state index in [4.69, 9.17) is 4.74 Å². The third-order valence-corrected chi connectivity index (χ3v) is 4.99. The fraction of sp³-hybridized carbons (Fsp3) is 0.381. The van der Waals surface area contributed by atoms with Crippen LogP contribution in [0.1, 0.15) is 34.5 Å². The number of carbonyl (C=O) groups is 2. The number of hydrogen-bond donors (Lipinski definition) is 1. The molecule has 6 nitrogen and oxygen atoms in total. The number of likely N-dealkylation sites (tertiary alicyclic amines) is 1. The zero-order valence-electron chi connectivity index (χ0n) is 15.8. The zero-order valence-corrected chi connectivity index (χ0v) is 15.8. The summed E-state index contributed by atoms with van der Waals surface area (Å²) in [6.07, 6.45) is 3.06. The van der Waals surface area contributed by atoms with Crippen LogP contribution >= 0.6 is 0 Å². The summed E-state index contributed by atoms with van der Waals surface area (Å²) in [7, 11) is 0. The molecule has 0 aliphatic carbocycles. The van der Waals surface area contributed by atoms with Gasteiger partial charge in [-0.05, 0) is 56.0 Å². The van der Waals surface area contributed by atoms with Crippen molar-refractivity contribution in [3.05, 3.63) is 59.4 Å². The molecule has 1 aromatic carbocycles. The minimum Gasteiger partial charge on any atom is -0.483 e. The van der Waals surface area contributed by atoms with Gasteiger partial charge in [-0.25, -0.2) is 0 Å². The maximum Gasteiger partial charge on any atom is 0.270 e. The van der Waals surface area contributed by atoms with Gasteiger partial charge in [0.1, 0.15) is 11.4 Å². The van der Waals surface area contributed by atoms with Crippen LogP contribution in [0.5, 0.6) is 5.75 Å². The van der Waals surface area contributed by atoms with Gasteiger partial charge in [-0.15, -0.1) is 0 Å². The molecule has 2 aromatic rings. The van der Waals surface area contributed by atoms with Crippen LogP contribution in [-0.4, -0.2) is 47.4 Å². The lowest BCUT2D eigenvalue weighted by Crippen LogP contribution is -2.47. The molecule has 6 heteroatoms. The summed E-state index contributed by atoms with van der Waals surface area (Å²) in [4.78, 5) is 30.5. The maximum absolute atomic E-state index is 12.4. The van der Waals surface area contributed by atoms with E-state index < -0.39 is 0 Å². The van der Waals surface area contributed by atoms with Crippen molar-refractivity contribution in [3.8, 4) is 5.75 Å². The van der Waals surface area contributed by atoms with E-state index in [1.54, 1.807) is 29.3 Å². The Kier molecular flexibility index (Phi) is 6.06. The van der Waals surface area contributed by atoms with Crippen molar-refractivity contribution >= 4 is 11.8 Å². The van der Waals surface area contributed by atoms with Crippen molar-refractivity contribution in [3.63, 3.8) is 0 Å². The smallest absolute Gasteiger partial charge is 0.270 e. The Morgan fingerprint density at radius 1 is 1.15 bits per heavy atom. The lowest BCUT2D eigenvalue weighted by Gasteiger charge is -2.32. The Morgan fingerprint density at radius 3 is 2.63 bits per heavy atom. The van der Waals surface area contributed by atoms with Gasteiger partial charge in [-0.2, -0.15) is 0 Å². The first kappa shape index (κ1) is 18.9. The van der Waals surface area contributed by atoms with Crippen LogP contribution in [0.4, 0.5) is 0 Å². The number of aryl methyl sites for hydroxylation is 1. The molecular formula is C21H25N3O3. The summed E-state index contributed by atoms with van der Waals surface area (Å²) in [6, 6.07) is 11.2. The molecule has 0 atom stereocenters. The summed E-state index contributed by atoms with van der Waals surface area (Å²) >= 11 is 0. The monoisotopic (exact) mass is 367 g/mol. The Labute approximate surface area is 159 Å². The molecule has 1 N–H and O–H groups in total. The third kappa shape index (κ3) is 4.84. The molecule has 1 fully saturated rings. The number of benzene rings is 1. The van der Waals surface area contributed by atoms with Crippen LogP contribution in [0.25, 0.3) is 0 Å². The minimum atomic E-state index is -0.168. The quantitative estimate of drug-likeness (QED) is 0.881. The predicted octanol–water partition coefficient (Wildman–Crippen LogP) is 2.50. The fourth-order valence-corrected chi connectivity index (χ4v) is 3.14. The Morgan fingerprint density at radius 2 is 1.93 bits per heavy atom. The minimum absolute atomic E-state index is 0.0228. The molecule has 2 amide bonds. The molecular weight excluding hydrogens is 342 g/mol. The number of nitrogens with one attached hydrogen (secondary N) is 1. The number of hydrogen-bond acceptors (Lipinski definition) is 4. The average Bonchev–Trinajstić information content (AvgIpc) is 2.70. The highest BCUT2D eigenvalue weighted by molar-refractivity contribution is 5.92. The number of pyridine rings is 1. The van der Waals surface area contributed by atoms with Gasteiger partial charge >= 0.3 is 0 Å². The van der Waals surface area contributed by atoms with Crippen molar-refractivity contribution < 1.29 is 14.3 Å². The first-order chi connectivity index (χ1) is 13.0. The van der Waals surface area contributed by atoms with Gasteiger partial charge in [-0.1, -0.05) is 18.2 Å². The lowest BCUT2D eigenvalue weighted by atomic mass is 10.0. The average molecular weight is 367 g/mol. The molecule has 142 valence electrons. The summed E-state index contributed by atoms with van der Waals surface area (Å²) in [5.74, 6) is 0.560. The van der Waals surface area contributed by atoms with Crippen LogP contribution in [0.15, 0.2) is 42.6 Å². The second kappa shape index (κ2) is 8.66. The second-order valence-electron chi connectivity index (χ2n) is 6.83. The van der Waals surface area contributed by atoms with Gasteiger partial charge in [-0.3, -0.25) is 14.6 Å². The molecule has 0 spiro atoms. The molecule has 2 heterocycles. The zero-order chi connectivity index (χ0) is 19.2. The van der Waals surface area contributed by atoms with E-state index in [0.29, 0.717) is 18.8 Å². The lowest BCUT2D eigenvalue weighted by molar-refractivity contribution is -0.134. The van der Waals surface area contributed by atoms with E-state index in [9.17, 15) is 9.59 Å². The third-order valence-electron chi connectivity index (χ3n) is 4.99. The van der Waals surface area contributed by atoms with Gasteiger partial charge in [0.2, 0.25) is 0 Å². The normalized spacial score (nSPS) is 14.7. The first-order valence-corrected chi connectivity index (χ1v) is 9.23. The van der Waals surface area contributed by atoms with Gasteiger partial charge in [0.25, 0.3) is 11.8 Å². The molecule has 1 aliphatic rings. The first-order valence-electron chi connectivity index (χ1n) is 9.23. The number of carbonyl (C=O) groups excluding carboxylic acids is 2. The standard InChI is InChI=1S/C21H25N3O3/c1-15-6-5-8-19(16(15)2)27-14-20(25)24-12-9-17(10-13-24)23-21(26)18-7-3-4-11-22-18/h3-8,11,17H,9-10,12-14H2,1-2H3,(H,23,26). The number of piperidine rings is 1. The van der Waals surface area contributed by atoms with Crippen LogP contribution in [0.2, 0.25) is 0 Å². The highest BCUT2D eigenvalue weighted by Crippen LogP contribution is 2.20. The van der Waals surface area contributed by atoms with Gasteiger partial charge < -0.3 is 15.0 Å². The van der Waals surface area contributed by atoms with Gasteiger partial charge in [0.05, 0.1) is 0 Å². The summed E-state index contributed by atoms with van der Waals surface area (Å²) < 4.78 is 5.71. The molecule has 0 unspecified atom stereocenters. The van der Waals surface area contributed by atoms with E-state index in [1.165, 1.54) is 0 Å². The summed E-state index contributed by atoms with van der Waals surface area (Å²) in [5, 5.41) is 3.00. The molecule has 3 rings (SSSR count). The van der Waals surface area contributed by atoms with E-state index in [0.717, 1.165) is 29.7 Å². The topological polar surface area (TPSA) is 71.5 Å². The van der Waals surface area contributed by atoms with E-state index in [2.05, 4.69) is 10.3 Å². The van der Waals surface area contributed by atoms with Crippen LogP contribution in [0, 0.1) is 13.8 Å². The summed E-state index contributed by atoms with van der Waals surface area (Å²) in [5.41, 5.74) is 2.61. The molecule has 1 aromatic heterocycles. The van der Waals surface area contributed by atoms with E-state index in [-0.39, 0.29) is 24.5 Å². The van der Waals surface area contributed by atoms with Gasteiger partial charge in [0, 0.05) is 25.3 Å². The molecule has 0 bridgehead atoms. The highest BCUT2D eigenvalue weighted by atomic mass is 16.5. The van der Waals surface area contributed by atoms with Crippen LogP contribution in [0.3, 0.4) is 0 Å². The Hall–Kier alpha value is -2.89. The Bertz CT molecular complexity index is 800. The van der Waals surface area contributed by atoms with Crippen molar-refractivity contribution in [2.75, 3.05) is 19.7 Å². The number of rotatable bonds is 5. The van der Waals surface area contributed by atoms with Crippen molar-refractivity contribution in [1.82, 2.24) is 15.2 Å². The number of amides is 2. The van der Waals surface area contributed by atoms with E-state index in [1.807, 2.05) is 32.0 Å². The predicted molar refractivity (Wildman–Crippen MR) is 103 cm³/mol. The molecule has 27 heavy (non-hydrogen) atoms. The maximum atomic E-state index is 12.4. The fourth-order valence-electron chi connectivity index (χ4n) is 3.14. The molecule has 0 radical (unpaired) electrons. The van der Waals surface area contributed by atoms with Crippen LogP contribution in [-0.2, 0) is 4.79 Å². The van der Waals surface area contributed by atoms with E-state index >= 15 is 0 Å². The molecule has 1 aliphatic heterocycles. The Balaban J connectivity index is 1.45. The number of ether oxygens (including phenoxy) is 1. The van der Waals surface area contributed by atoms with Crippen molar-refractivity contribution in [2.24, 2.45) is 0 Å². The number of aromatic nitrogens is 1. The molecule has 1 saturated heterocycles. The highest BCUT2D eigenvalue weighted by Gasteiger charge is 2.24. The number of nitrogens with zero attached hydrogens (tertiary/aromatic N) is 2. The summed E-state index contributed by atoms with van der Waals surface area (Å²) in [6.45, 7) is 5.28.